The fourth-order valence-electron chi connectivity index (χ4n) is 0.900. The van der Waals surface area contributed by atoms with Crippen LogP contribution in [0.25, 0.3) is 0 Å². The Morgan fingerprint density at radius 2 is 2.33 bits per heavy atom. The molecule has 1 aromatic rings. The third-order valence-electron chi connectivity index (χ3n) is 1.53. The molecule has 7 heteroatoms. The van der Waals surface area contributed by atoms with Crippen molar-refractivity contribution in [3.05, 3.63) is 24.0 Å². The molecule has 1 heterocycles. The molecule has 1 rings (SSSR count). The number of hydrogen-bond acceptors (Lipinski definition) is 3. The van der Waals surface area contributed by atoms with E-state index in [1.807, 2.05) is 0 Å². The zero-order valence-electron chi connectivity index (χ0n) is 8.01. The molecule has 0 atom stereocenters. The summed E-state index contributed by atoms with van der Waals surface area (Å²) in [6.45, 7) is 0. The molecule has 15 heavy (non-hydrogen) atoms. The number of hydrogen-bond donors (Lipinski definition) is 3. The number of hydrazone groups is 1. The van der Waals surface area contributed by atoms with Gasteiger partial charge in [0.05, 0.1) is 0 Å². The number of pyridine rings is 1. The van der Waals surface area contributed by atoms with Crippen LogP contribution in [-0.2, 0) is 7.05 Å². The Morgan fingerprint density at radius 1 is 1.67 bits per heavy atom. The topological polar surface area (TPSA) is 74.5 Å². The number of aromatic nitrogens is 1. The first-order valence-electron chi connectivity index (χ1n) is 3.87. The summed E-state index contributed by atoms with van der Waals surface area (Å²) in [6, 6.07) is 3.29. The molecule has 0 amide bonds. The summed E-state index contributed by atoms with van der Waals surface area (Å²) in [5.74, 6) is 0.201. The molecule has 5 nitrogen and oxygen atoms in total. The molecule has 0 aromatic carbocycles. The van der Waals surface area contributed by atoms with Gasteiger partial charge in [-0.15, -0.1) is 0 Å². The molecule has 1 aromatic heterocycles. The van der Waals surface area contributed by atoms with Crippen molar-refractivity contribution >= 4 is 23.5 Å². The van der Waals surface area contributed by atoms with Crippen molar-refractivity contribution in [1.29, 1.82) is 0 Å². The monoisotopic (exact) mass is 246 g/mol. The Hall–Kier alpha value is -1.40. The van der Waals surface area contributed by atoms with Crippen LogP contribution in [0.1, 0.15) is 5.69 Å². The molecule has 0 saturated heterocycles. The van der Waals surface area contributed by atoms with Crippen LogP contribution in [-0.4, -0.2) is 16.4 Å². The molecule has 0 radical (unpaired) electrons. The lowest BCUT2D eigenvalue weighted by atomic mass is 10.3. The second kappa shape index (κ2) is 6.15. The number of nitrogens with zero attached hydrogens (tertiary/aromatic N) is 2. The largest absolute Gasteiger partial charge is 1.00 e. The highest BCUT2D eigenvalue weighted by molar-refractivity contribution is 7.80. The van der Waals surface area contributed by atoms with E-state index in [9.17, 15) is 0 Å². The van der Waals surface area contributed by atoms with Crippen LogP contribution in [0.15, 0.2) is 23.4 Å². The zero-order valence-corrected chi connectivity index (χ0v) is 9.59. The van der Waals surface area contributed by atoms with Crippen LogP contribution in [0.5, 0.6) is 5.75 Å². The number of thiocarbonyl (C=S) groups is 1. The first-order valence-corrected chi connectivity index (χ1v) is 4.27. The lowest BCUT2D eigenvalue weighted by Gasteiger charge is -1.95. The van der Waals surface area contributed by atoms with E-state index in [1.165, 1.54) is 0 Å². The van der Waals surface area contributed by atoms with Crippen LogP contribution in [0.2, 0.25) is 0 Å². The van der Waals surface area contributed by atoms with Crippen molar-refractivity contribution in [2.75, 3.05) is 0 Å². The Balaban J connectivity index is 0.00000196. The highest BCUT2D eigenvalue weighted by atomic mass is 35.5. The van der Waals surface area contributed by atoms with Crippen molar-refractivity contribution in [3.63, 3.8) is 0 Å². The molecule has 0 aliphatic rings. The van der Waals surface area contributed by atoms with E-state index in [0.29, 0.717) is 0 Å². The van der Waals surface area contributed by atoms with Crippen molar-refractivity contribution in [1.82, 2.24) is 5.43 Å². The molecule has 4 N–H and O–H groups in total. The molecular formula is C8H11ClN4OS. The number of nitrogens with one attached hydrogen (secondary N) is 1. The number of aromatic hydroxyl groups is 1. The smallest absolute Gasteiger partial charge is 0.225 e. The van der Waals surface area contributed by atoms with Gasteiger partial charge in [-0.25, -0.2) is 0 Å². The van der Waals surface area contributed by atoms with Crippen molar-refractivity contribution in [2.45, 2.75) is 0 Å². The van der Waals surface area contributed by atoms with E-state index < -0.39 is 0 Å². The summed E-state index contributed by atoms with van der Waals surface area (Å²) in [7, 11) is 1.79. The predicted octanol–water partition coefficient (Wildman–Crippen LogP) is -3.61. The van der Waals surface area contributed by atoms with Crippen LogP contribution < -0.4 is 28.1 Å². The van der Waals surface area contributed by atoms with Gasteiger partial charge in [-0.1, -0.05) is 0 Å². The van der Waals surface area contributed by atoms with Gasteiger partial charge >= 0.3 is 0 Å². The van der Waals surface area contributed by atoms with E-state index in [-0.39, 0.29) is 23.3 Å². The Labute approximate surface area is 99.0 Å². The van der Waals surface area contributed by atoms with Crippen LogP contribution in [0, 0.1) is 0 Å². The summed E-state index contributed by atoms with van der Waals surface area (Å²) in [6.07, 6.45) is 3.13. The maximum atomic E-state index is 9.13. The zero-order chi connectivity index (χ0) is 10.6. The molecular weight excluding hydrogens is 236 g/mol. The van der Waals surface area contributed by atoms with Gasteiger partial charge in [-0.2, -0.15) is 9.67 Å². The average molecular weight is 247 g/mol. The van der Waals surface area contributed by atoms with Gasteiger partial charge in [-0.3, -0.25) is 5.43 Å². The Morgan fingerprint density at radius 3 is 2.87 bits per heavy atom. The van der Waals surface area contributed by atoms with Gasteiger partial charge in [0.1, 0.15) is 13.3 Å². The SMILES string of the molecule is C[n+]1cc(O)ccc1C=NNC(N)=S.[Cl-]. The molecule has 0 bridgehead atoms. The molecule has 0 aliphatic carbocycles. The third kappa shape index (κ3) is 4.57. The molecule has 0 saturated carbocycles. The number of aryl methyl sites for hydroxylation is 1. The molecule has 0 spiro atoms. The minimum atomic E-state index is 0. The van der Waals surface area contributed by atoms with E-state index in [4.69, 9.17) is 10.8 Å². The fourth-order valence-corrected chi connectivity index (χ4v) is 0.953. The van der Waals surface area contributed by atoms with Gasteiger partial charge < -0.3 is 23.2 Å². The lowest BCUT2D eigenvalue weighted by Crippen LogP contribution is -3.00. The quantitative estimate of drug-likeness (QED) is 0.218. The maximum Gasteiger partial charge on any atom is 0.225 e. The Bertz CT molecular complexity index is 383. The summed E-state index contributed by atoms with van der Waals surface area (Å²) < 4.78 is 1.72. The van der Waals surface area contributed by atoms with E-state index >= 15 is 0 Å². The van der Waals surface area contributed by atoms with E-state index in [1.54, 1.807) is 36.2 Å². The van der Waals surface area contributed by atoms with Crippen LogP contribution >= 0.6 is 12.2 Å². The minimum Gasteiger partial charge on any atom is -1.00 e. The predicted molar refractivity (Wildman–Crippen MR) is 56.8 cm³/mol. The average Bonchev–Trinajstić information content (AvgIpc) is 2.08. The standard InChI is InChI=1S/C8H10N4OS.ClH/c1-12-5-7(13)3-2-6(12)4-10-11-8(9)14;/h2-5H,1H3,(H3,9,13,14);1H. The lowest BCUT2D eigenvalue weighted by molar-refractivity contribution is -0.672. The third-order valence-corrected chi connectivity index (χ3v) is 1.62. The first kappa shape index (κ1) is 13.6. The molecule has 0 unspecified atom stereocenters. The van der Waals surface area contributed by atoms with Gasteiger partial charge in [0.25, 0.3) is 0 Å². The van der Waals surface area contributed by atoms with Gasteiger partial charge in [0.2, 0.25) is 11.9 Å². The summed E-state index contributed by atoms with van der Waals surface area (Å²) in [4.78, 5) is 0. The molecule has 0 fully saturated rings. The van der Waals surface area contributed by atoms with Crippen molar-refractivity contribution in [3.8, 4) is 5.75 Å². The van der Waals surface area contributed by atoms with Gasteiger partial charge in [0.15, 0.2) is 10.9 Å². The minimum absolute atomic E-state index is 0. The van der Waals surface area contributed by atoms with Gasteiger partial charge in [0, 0.05) is 6.07 Å². The Kier molecular flexibility index (Phi) is 5.58. The summed E-state index contributed by atoms with van der Waals surface area (Å²) in [5, 5.41) is 13.0. The van der Waals surface area contributed by atoms with Gasteiger partial charge in [-0.05, 0) is 18.3 Å². The second-order valence-electron chi connectivity index (χ2n) is 2.66. The first-order chi connectivity index (χ1) is 6.59. The van der Waals surface area contributed by atoms with Crippen LogP contribution in [0.4, 0.5) is 0 Å². The number of halogens is 1. The van der Waals surface area contributed by atoms with Crippen LogP contribution in [0.3, 0.4) is 0 Å². The maximum absolute atomic E-state index is 9.13. The summed E-state index contributed by atoms with van der Waals surface area (Å²) in [5.41, 5.74) is 8.43. The normalized spacial score (nSPS) is 9.67. The fraction of sp³-hybridized carbons (Fsp3) is 0.125. The van der Waals surface area contributed by atoms with E-state index in [2.05, 4.69) is 22.7 Å². The second-order valence-corrected chi connectivity index (χ2v) is 3.10. The highest BCUT2D eigenvalue weighted by Crippen LogP contribution is 2.02. The van der Waals surface area contributed by atoms with E-state index in [0.717, 1.165) is 5.69 Å². The molecule has 82 valence electrons. The summed E-state index contributed by atoms with van der Waals surface area (Å²) >= 11 is 4.57. The molecule has 0 aliphatic heterocycles. The van der Waals surface area contributed by atoms with Crippen molar-refractivity contribution < 1.29 is 22.1 Å². The number of rotatable bonds is 2. The number of nitrogens with two attached hydrogens (primary N) is 1. The highest BCUT2D eigenvalue weighted by Gasteiger charge is 2.03. The van der Waals surface area contributed by atoms with Crippen molar-refractivity contribution in [2.24, 2.45) is 17.9 Å².